The molecule has 0 radical (unpaired) electrons. The number of hydrogen-bond acceptors (Lipinski definition) is 2. The van der Waals surface area contributed by atoms with Crippen molar-refractivity contribution >= 4 is 5.97 Å². The molecule has 80 valence electrons. The van der Waals surface area contributed by atoms with E-state index >= 15 is 0 Å². The molecular formula is C12H20O2. The lowest BCUT2D eigenvalue weighted by atomic mass is 10.0. The van der Waals surface area contributed by atoms with E-state index in [1.165, 1.54) is 12.8 Å². The zero-order valence-electron chi connectivity index (χ0n) is 9.38. The van der Waals surface area contributed by atoms with Gasteiger partial charge in [0.25, 0.3) is 0 Å². The average molecular weight is 196 g/mol. The Balaban J connectivity index is 2.18. The van der Waals surface area contributed by atoms with Gasteiger partial charge in [-0.25, -0.2) is 4.79 Å². The highest BCUT2D eigenvalue weighted by Gasteiger charge is 2.21. The minimum Gasteiger partial charge on any atom is -0.455 e. The second-order valence-electron chi connectivity index (χ2n) is 4.44. The zero-order chi connectivity index (χ0) is 10.6. The maximum Gasteiger partial charge on any atom is 0.334 e. The first kappa shape index (κ1) is 11.3. The van der Waals surface area contributed by atoms with E-state index in [0.29, 0.717) is 0 Å². The van der Waals surface area contributed by atoms with Crippen molar-refractivity contribution in [2.75, 3.05) is 0 Å². The number of ether oxygens (including phenoxy) is 1. The van der Waals surface area contributed by atoms with Gasteiger partial charge in [0.1, 0.15) is 6.10 Å². The van der Waals surface area contributed by atoms with Crippen molar-refractivity contribution in [2.24, 2.45) is 5.92 Å². The van der Waals surface area contributed by atoms with E-state index in [1.807, 2.05) is 13.0 Å². The fourth-order valence-electron chi connectivity index (χ4n) is 1.68. The molecule has 1 aliphatic rings. The van der Waals surface area contributed by atoms with Crippen molar-refractivity contribution in [3.05, 3.63) is 11.6 Å². The van der Waals surface area contributed by atoms with E-state index in [4.69, 9.17) is 4.74 Å². The molecule has 0 N–H and O–H groups in total. The summed E-state index contributed by atoms with van der Waals surface area (Å²) >= 11 is 0. The van der Waals surface area contributed by atoms with Crippen molar-refractivity contribution in [2.45, 2.75) is 52.6 Å². The van der Waals surface area contributed by atoms with Crippen LogP contribution >= 0.6 is 0 Å². The Bertz CT molecular complexity index is 228. The van der Waals surface area contributed by atoms with Crippen LogP contribution in [-0.2, 0) is 9.53 Å². The average Bonchev–Trinajstić information content (AvgIpc) is 2.39. The van der Waals surface area contributed by atoms with E-state index in [0.717, 1.165) is 24.3 Å². The summed E-state index contributed by atoms with van der Waals surface area (Å²) in [5.74, 6) is 0.653. The minimum absolute atomic E-state index is 0.0115. The van der Waals surface area contributed by atoms with Gasteiger partial charge < -0.3 is 4.74 Å². The molecule has 0 bridgehead atoms. The second kappa shape index (κ2) is 5.18. The van der Waals surface area contributed by atoms with Crippen LogP contribution < -0.4 is 0 Å². The predicted octanol–water partition coefficient (Wildman–Crippen LogP) is 3.07. The lowest BCUT2D eigenvalue weighted by Crippen LogP contribution is -2.03. The molecule has 0 spiro atoms. The van der Waals surface area contributed by atoms with Gasteiger partial charge in [-0.3, -0.25) is 0 Å². The summed E-state index contributed by atoms with van der Waals surface area (Å²) in [6.07, 6.45) is 6.37. The maximum absolute atomic E-state index is 11.2. The Morgan fingerprint density at radius 3 is 2.64 bits per heavy atom. The van der Waals surface area contributed by atoms with E-state index in [2.05, 4.69) is 13.8 Å². The highest BCUT2D eigenvalue weighted by atomic mass is 16.5. The normalized spacial score (nSPS) is 21.3. The molecule has 0 saturated heterocycles. The van der Waals surface area contributed by atoms with Gasteiger partial charge in [-0.1, -0.05) is 26.7 Å². The lowest BCUT2D eigenvalue weighted by molar-refractivity contribution is -0.139. The summed E-state index contributed by atoms with van der Waals surface area (Å²) in [6.45, 7) is 6.36. The summed E-state index contributed by atoms with van der Waals surface area (Å²) in [5, 5.41) is 0. The molecule has 1 heterocycles. The molecule has 14 heavy (non-hydrogen) atoms. The van der Waals surface area contributed by atoms with Gasteiger partial charge in [-0.2, -0.15) is 0 Å². The highest BCUT2D eigenvalue weighted by Crippen LogP contribution is 2.19. The molecule has 0 aromatic heterocycles. The topological polar surface area (TPSA) is 26.3 Å². The van der Waals surface area contributed by atoms with Gasteiger partial charge in [0.05, 0.1) is 0 Å². The number of unbranched alkanes of at least 4 members (excludes halogenated alkanes) is 1. The van der Waals surface area contributed by atoms with E-state index in [1.54, 1.807) is 0 Å². The van der Waals surface area contributed by atoms with Crippen LogP contribution in [0.2, 0.25) is 0 Å². The Morgan fingerprint density at radius 2 is 2.14 bits per heavy atom. The molecule has 1 unspecified atom stereocenters. The van der Waals surface area contributed by atoms with Gasteiger partial charge in [-0.15, -0.1) is 0 Å². The van der Waals surface area contributed by atoms with Crippen molar-refractivity contribution < 1.29 is 9.53 Å². The third-order valence-electron chi connectivity index (χ3n) is 2.47. The van der Waals surface area contributed by atoms with E-state index in [-0.39, 0.29) is 12.1 Å². The van der Waals surface area contributed by atoms with Gasteiger partial charge >= 0.3 is 5.97 Å². The number of carbonyl (C=O) groups excluding carboxylic acids is 1. The molecule has 0 aromatic rings. The molecule has 2 nitrogen and oxygen atoms in total. The molecule has 0 aliphatic carbocycles. The predicted molar refractivity (Wildman–Crippen MR) is 56.9 cm³/mol. The first-order chi connectivity index (χ1) is 6.59. The van der Waals surface area contributed by atoms with Crippen LogP contribution in [0.4, 0.5) is 0 Å². The summed E-state index contributed by atoms with van der Waals surface area (Å²) in [4.78, 5) is 11.2. The van der Waals surface area contributed by atoms with E-state index in [9.17, 15) is 4.79 Å². The first-order valence-corrected chi connectivity index (χ1v) is 5.51. The van der Waals surface area contributed by atoms with Crippen LogP contribution in [0.15, 0.2) is 11.6 Å². The molecule has 1 aliphatic heterocycles. The maximum atomic E-state index is 11.2. The number of rotatable bonds is 5. The highest BCUT2D eigenvalue weighted by molar-refractivity contribution is 5.90. The van der Waals surface area contributed by atoms with Crippen LogP contribution in [-0.4, -0.2) is 12.1 Å². The molecule has 0 saturated carbocycles. The third kappa shape index (κ3) is 3.52. The number of cyclic esters (lactones) is 1. The number of carbonyl (C=O) groups is 1. The molecule has 1 atom stereocenters. The van der Waals surface area contributed by atoms with E-state index < -0.39 is 0 Å². The Labute approximate surface area is 86.3 Å². The summed E-state index contributed by atoms with van der Waals surface area (Å²) in [5.41, 5.74) is 0.876. The molecule has 0 aromatic carbocycles. The van der Waals surface area contributed by atoms with Gasteiger partial charge in [-0.05, 0) is 31.8 Å². The Morgan fingerprint density at radius 1 is 1.43 bits per heavy atom. The Hall–Kier alpha value is -0.790. The van der Waals surface area contributed by atoms with Gasteiger partial charge in [0.2, 0.25) is 0 Å². The van der Waals surface area contributed by atoms with Crippen LogP contribution in [0.1, 0.15) is 46.5 Å². The SMILES string of the molecule is CC(C)CCCCC1=CC(C)OC1=O. The van der Waals surface area contributed by atoms with Crippen molar-refractivity contribution in [3.63, 3.8) is 0 Å². The molecule has 2 heteroatoms. The summed E-state index contributed by atoms with van der Waals surface area (Å²) in [7, 11) is 0. The quantitative estimate of drug-likeness (QED) is 0.499. The van der Waals surface area contributed by atoms with Crippen LogP contribution in [0, 0.1) is 5.92 Å². The van der Waals surface area contributed by atoms with Gasteiger partial charge in [0.15, 0.2) is 0 Å². The van der Waals surface area contributed by atoms with Crippen molar-refractivity contribution in [3.8, 4) is 0 Å². The van der Waals surface area contributed by atoms with Crippen molar-refractivity contribution in [1.82, 2.24) is 0 Å². The molecule has 0 amide bonds. The second-order valence-corrected chi connectivity index (χ2v) is 4.44. The third-order valence-corrected chi connectivity index (χ3v) is 2.47. The fraction of sp³-hybridized carbons (Fsp3) is 0.750. The summed E-state index contributed by atoms with van der Waals surface area (Å²) in [6, 6.07) is 0. The number of esters is 1. The van der Waals surface area contributed by atoms with Crippen molar-refractivity contribution in [1.29, 1.82) is 0 Å². The van der Waals surface area contributed by atoms with Crippen LogP contribution in [0.25, 0.3) is 0 Å². The minimum atomic E-state index is -0.109. The first-order valence-electron chi connectivity index (χ1n) is 5.51. The standard InChI is InChI=1S/C12H20O2/c1-9(2)6-4-5-7-11-8-10(3)14-12(11)13/h8-10H,4-7H2,1-3H3. The monoisotopic (exact) mass is 196 g/mol. The number of hydrogen-bond donors (Lipinski definition) is 0. The molecule has 0 fully saturated rings. The molecule has 1 rings (SSSR count). The Kier molecular flexibility index (Phi) is 4.18. The zero-order valence-corrected chi connectivity index (χ0v) is 9.38. The molecular weight excluding hydrogens is 176 g/mol. The van der Waals surface area contributed by atoms with Crippen LogP contribution in [0.5, 0.6) is 0 Å². The summed E-state index contributed by atoms with van der Waals surface area (Å²) < 4.78 is 5.02. The smallest absolute Gasteiger partial charge is 0.334 e. The van der Waals surface area contributed by atoms with Gasteiger partial charge in [0, 0.05) is 5.57 Å². The largest absolute Gasteiger partial charge is 0.455 e. The van der Waals surface area contributed by atoms with Crippen LogP contribution in [0.3, 0.4) is 0 Å². The fourth-order valence-corrected chi connectivity index (χ4v) is 1.68. The lowest BCUT2D eigenvalue weighted by Gasteiger charge is -2.03.